The van der Waals surface area contributed by atoms with Crippen LogP contribution in [0.3, 0.4) is 0 Å². The summed E-state index contributed by atoms with van der Waals surface area (Å²) in [7, 11) is 1.48. The van der Waals surface area contributed by atoms with Crippen LogP contribution in [-0.2, 0) is 9.59 Å². The number of ether oxygens (including phenoxy) is 2. The van der Waals surface area contributed by atoms with E-state index in [0.29, 0.717) is 28.7 Å². The number of hydrogen-bond donors (Lipinski definition) is 1. The Morgan fingerprint density at radius 1 is 1.26 bits per heavy atom. The van der Waals surface area contributed by atoms with Crippen LogP contribution < -0.4 is 14.8 Å². The molecular weight excluding hydrogens is 372 g/mol. The lowest BCUT2D eigenvalue weighted by Gasteiger charge is -2.31. The highest BCUT2D eigenvalue weighted by Gasteiger charge is 2.40. The number of benzene rings is 1. The van der Waals surface area contributed by atoms with E-state index in [2.05, 4.69) is 5.32 Å². The van der Waals surface area contributed by atoms with Gasteiger partial charge in [-0.1, -0.05) is 24.4 Å². The van der Waals surface area contributed by atoms with Crippen LogP contribution in [0.15, 0.2) is 17.7 Å². The van der Waals surface area contributed by atoms with Gasteiger partial charge in [0.2, 0.25) is 0 Å². The summed E-state index contributed by atoms with van der Waals surface area (Å²) in [6, 6.07) is 2.38. The van der Waals surface area contributed by atoms with E-state index >= 15 is 0 Å². The third-order valence-corrected chi connectivity index (χ3v) is 4.96. The summed E-state index contributed by atoms with van der Waals surface area (Å²) in [5.41, 5.74) is 0.392. The number of rotatable bonds is 5. The maximum Gasteiger partial charge on any atom is 0.331 e. The van der Waals surface area contributed by atoms with Crippen LogP contribution in [0.25, 0.3) is 6.08 Å². The third-order valence-electron chi connectivity index (χ3n) is 4.67. The number of barbiturate groups is 1. The van der Waals surface area contributed by atoms with Gasteiger partial charge >= 0.3 is 6.03 Å². The first-order valence-corrected chi connectivity index (χ1v) is 9.25. The quantitative estimate of drug-likeness (QED) is 0.614. The molecule has 1 saturated carbocycles. The van der Waals surface area contributed by atoms with E-state index in [9.17, 15) is 14.4 Å². The van der Waals surface area contributed by atoms with Crippen molar-refractivity contribution in [2.45, 2.75) is 38.6 Å². The number of carbonyl (C=O) groups is 3. The first-order chi connectivity index (χ1) is 13.0. The van der Waals surface area contributed by atoms with Crippen LogP contribution in [0, 0.1) is 0 Å². The normalized spacial score (nSPS) is 19.6. The van der Waals surface area contributed by atoms with E-state index in [0.717, 1.165) is 30.6 Å². The molecule has 2 fully saturated rings. The molecule has 1 N–H and O–H groups in total. The Kier molecular flexibility index (Phi) is 5.70. The highest BCUT2D eigenvalue weighted by Crippen LogP contribution is 2.37. The van der Waals surface area contributed by atoms with Crippen molar-refractivity contribution in [3.8, 4) is 11.5 Å². The summed E-state index contributed by atoms with van der Waals surface area (Å²) in [5.74, 6) is -0.516. The summed E-state index contributed by atoms with van der Waals surface area (Å²) in [6.45, 7) is 2.24. The van der Waals surface area contributed by atoms with Gasteiger partial charge in [-0.05, 0) is 43.5 Å². The van der Waals surface area contributed by atoms with Crippen molar-refractivity contribution in [1.29, 1.82) is 0 Å². The largest absolute Gasteiger partial charge is 0.493 e. The SMILES string of the molecule is CCOc1c(Cl)cc(/C=C2\C(=O)NC(=O)N(C3CCCC3)C2=O)cc1OC. The first kappa shape index (κ1) is 19.2. The average molecular weight is 393 g/mol. The lowest BCUT2D eigenvalue weighted by atomic mass is 10.0. The van der Waals surface area contributed by atoms with Gasteiger partial charge in [0.25, 0.3) is 11.8 Å². The molecule has 144 valence electrons. The van der Waals surface area contributed by atoms with Crippen molar-refractivity contribution >= 4 is 35.5 Å². The fourth-order valence-electron chi connectivity index (χ4n) is 3.44. The number of amides is 4. The third kappa shape index (κ3) is 3.78. The first-order valence-electron chi connectivity index (χ1n) is 8.87. The Hall–Kier alpha value is -2.54. The van der Waals surface area contributed by atoms with Crippen LogP contribution in [-0.4, -0.2) is 42.5 Å². The molecule has 4 amide bonds. The Balaban J connectivity index is 1.97. The van der Waals surface area contributed by atoms with E-state index in [1.165, 1.54) is 13.2 Å². The number of carbonyl (C=O) groups excluding carboxylic acids is 3. The molecule has 1 heterocycles. The maximum atomic E-state index is 12.8. The monoisotopic (exact) mass is 392 g/mol. The van der Waals surface area contributed by atoms with Gasteiger partial charge in [0.1, 0.15) is 5.57 Å². The second-order valence-corrected chi connectivity index (χ2v) is 6.81. The molecule has 7 nitrogen and oxygen atoms in total. The number of methoxy groups -OCH3 is 1. The average Bonchev–Trinajstić information content (AvgIpc) is 3.14. The van der Waals surface area contributed by atoms with Gasteiger partial charge in [-0.15, -0.1) is 0 Å². The van der Waals surface area contributed by atoms with Gasteiger partial charge in [-0.2, -0.15) is 0 Å². The fraction of sp³-hybridized carbons (Fsp3) is 0.421. The Morgan fingerprint density at radius 3 is 2.59 bits per heavy atom. The van der Waals surface area contributed by atoms with E-state index < -0.39 is 17.8 Å². The minimum atomic E-state index is -0.719. The lowest BCUT2D eigenvalue weighted by molar-refractivity contribution is -0.131. The molecule has 1 aromatic carbocycles. The summed E-state index contributed by atoms with van der Waals surface area (Å²) >= 11 is 6.25. The molecule has 27 heavy (non-hydrogen) atoms. The molecule has 3 rings (SSSR count). The number of urea groups is 1. The van der Waals surface area contributed by atoms with Crippen molar-refractivity contribution < 1.29 is 23.9 Å². The van der Waals surface area contributed by atoms with E-state index in [-0.39, 0.29) is 11.6 Å². The zero-order chi connectivity index (χ0) is 19.6. The van der Waals surface area contributed by atoms with Crippen LogP contribution in [0.5, 0.6) is 11.5 Å². The molecule has 0 bridgehead atoms. The van der Waals surface area contributed by atoms with Crippen molar-refractivity contribution in [2.75, 3.05) is 13.7 Å². The maximum absolute atomic E-state index is 12.8. The van der Waals surface area contributed by atoms with Gasteiger partial charge in [0, 0.05) is 6.04 Å². The molecule has 1 aliphatic carbocycles. The predicted molar refractivity (Wildman–Crippen MR) is 99.8 cm³/mol. The van der Waals surface area contributed by atoms with E-state index in [1.54, 1.807) is 12.1 Å². The minimum Gasteiger partial charge on any atom is -0.493 e. The summed E-state index contributed by atoms with van der Waals surface area (Å²) < 4.78 is 10.8. The van der Waals surface area contributed by atoms with Crippen molar-refractivity contribution in [3.05, 3.63) is 28.3 Å². The Morgan fingerprint density at radius 2 is 1.96 bits per heavy atom. The topological polar surface area (TPSA) is 84.9 Å². The summed E-state index contributed by atoms with van der Waals surface area (Å²) in [6.07, 6.45) is 4.84. The molecule has 8 heteroatoms. The highest BCUT2D eigenvalue weighted by atomic mass is 35.5. The second kappa shape index (κ2) is 8.00. The van der Waals surface area contributed by atoms with Crippen LogP contribution in [0.4, 0.5) is 4.79 Å². The number of imide groups is 2. The molecule has 1 saturated heterocycles. The fourth-order valence-corrected chi connectivity index (χ4v) is 3.71. The van der Waals surface area contributed by atoms with Crippen LogP contribution >= 0.6 is 11.6 Å². The number of nitrogens with zero attached hydrogens (tertiary/aromatic N) is 1. The molecule has 0 atom stereocenters. The zero-order valence-electron chi connectivity index (χ0n) is 15.2. The summed E-state index contributed by atoms with van der Waals surface area (Å²) in [4.78, 5) is 38.4. The van der Waals surface area contributed by atoms with Gasteiger partial charge in [-0.25, -0.2) is 4.79 Å². The number of nitrogens with one attached hydrogen (secondary N) is 1. The van der Waals surface area contributed by atoms with Gasteiger partial charge in [0.15, 0.2) is 11.5 Å². The van der Waals surface area contributed by atoms with Gasteiger partial charge < -0.3 is 9.47 Å². The predicted octanol–water partition coefficient (Wildman–Crippen LogP) is 3.15. The standard InChI is InChI=1S/C19H21ClN2O5/c1-3-27-16-14(20)9-11(10-15(16)26-2)8-13-17(23)21-19(25)22(18(13)24)12-6-4-5-7-12/h8-10,12H,3-7H2,1-2H3,(H,21,23,25)/b13-8+. The minimum absolute atomic E-state index is 0.108. The Labute approximate surface area is 162 Å². The molecule has 0 aromatic heterocycles. The van der Waals surface area contributed by atoms with E-state index in [1.807, 2.05) is 6.92 Å². The number of halogens is 1. The lowest BCUT2D eigenvalue weighted by Crippen LogP contribution is -2.57. The van der Waals surface area contributed by atoms with Crippen molar-refractivity contribution in [2.24, 2.45) is 0 Å². The molecule has 1 aromatic rings. The molecule has 2 aliphatic rings. The smallest absolute Gasteiger partial charge is 0.331 e. The zero-order valence-corrected chi connectivity index (χ0v) is 16.0. The summed E-state index contributed by atoms with van der Waals surface area (Å²) in [5, 5.41) is 2.55. The molecule has 1 aliphatic heterocycles. The van der Waals surface area contributed by atoms with Gasteiger partial charge in [-0.3, -0.25) is 19.8 Å². The molecule has 0 unspecified atom stereocenters. The molecule has 0 radical (unpaired) electrons. The molecular formula is C19H21ClN2O5. The Bertz CT molecular complexity index is 815. The molecule has 0 spiro atoms. The van der Waals surface area contributed by atoms with E-state index in [4.69, 9.17) is 21.1 Å². The highest BCUT2D eigenvalue weighted by molar-refractivity contribution is 6.33. The van der Waals surface area contributed by atoms with Crippen LogP contribution in [0.2, 0.25) is 5.02 Å². The van der Waals surface area contributed by atoms with Crippen molar-refractivity contribution in [1.82, 2.24) is 10.2 Å². The van der Waals surface area contributed by atoms with Crippen molar-refractivity contribution in [3.63, 3.8) is 0 Å². The second-order valence-electron chi connectivity index (χ2n) is 6.40. The number of hydrogen-bond acceptors (Lipinski definition) is 5. The van der Waals surface area contributed by atoms with Crippen LogP contribution in [0.1, 0.15) is 38.2 Å². The van der Waals surface area contributed by atoms with Gasteiger partial charge in [0.05, 0.1) is 18.7 Å².